The highest BCUT2D eigenvalue weighted by molar-refractivity contribution is 6.31. The van der Waals surface area contributed by atoms with E-state index in [-0.39, 0.29) is 11.9 Å². The Labute approximate surface area is 187 Å². The van der Waals surface area contributed by atoms with Crippen molar-refractivity contribution in [3.63, 3.8) is 0 Å². The zero-order valence-corrected chi connectivity index (χ0v) is 18.7. The minimum absolute atomic E-state index is 0.0585. The van der Waals surface area contributed by atoms with Crippen molar-refractivity contribution >= 4 is 28.5 Å². The van der Waals surface area contributed by atoms with Gasteiger partial charge in [-0.05, 0) is 67.3 Å². The molecule has 0 radical (unpaired) electrons. The maximum Gasteiger partial charge on any atom is 0.243 e. The van der Waals surface area contributed by atoms with Gasteiger partial charge < -0.3 is 14.3 Å². The minimum atomic E-state index is -0.389. The first-order chi connectivity index (χ1) is 15.0. The van der Waals surface area contributed by atoms with Crippen molar-refractivity contribution in [1.82, 2.24) is 14.9 Å². The van der Waals surface area contributed by atoms with Crippen molar-refractivity contribution in [1.29, 1.82) is 0 Å². The number of nitrogens with one attached hydrogen (secondary N) is 1. The third-order valence-electron chi connectivity index (χ3n) is 5.70. The van der Waals surface area contributed by atoms with E-state index in [1.807, 2.05) is 43.3 Å². The molecule has 0 aliphatic heterocycles. The summed E-state index contributed by atoms with van der Waals surface area (Å²) in [5.41, 5.74) is 5.19. The minimum Gasteiger partial charge on any atom is -0.467 e. The molecule has 0 aliphatic carbocycles. The van der Waals surface area contributed by atoms with Crippen molar-refractivity contribution in [2.45, 2.75) is 46.2 Å². The topological polar surface area (TPSA) is 60.1 Å². The molecule has 0 spiro atoms. The summed E-state index contributed by atoms with van der Waals surface area (Å²) in [4.78, 5) is 18.1. The van der Waals surface area contributed by atoms with Gasteiger partial charge in [-0.3, -0.25) is 4.79 Å². The molecule has 2 heterocycles. The molecule has 0 saturated heterocycles. The van der Waals surface area contributed by atoms with E-state index < -0.39 is 0 Å². The smallest absolute Gasteiger partial charge is 0.243 e. The second kappa shape index (κ2) is 8.98. The fourth-order valence-electron chi connectivity index (χ4n) is 3.88. The quantitative estimate of drug-likeness (QED) is 0.401. The summed E-state index contributed by atoms with van der Waals surface area (Å²) in [6, 6.07) is 15.2. The number of carbonyl (C=O) groups is 1. The van der Waals surface area contributed by atoms with Gasteiger partial charge in [0.15, 0.2) is 0 Å². The molecule has 160 valence electrons. The molecule has 5 nitrogen and oxygen atoms in total. The molecule has 1 amide bonds. The third-order valence-corrected chi connectivity index (χ3v) is 6.07. The Hall–Kier alpha value is -3.05. The standard InChI is InChI=1S/C25H26ClN3O2/c1-4-22(25(30)27-15-19-9-7-11-31-19)29-23-13-17(3)16(2)12-21(23)28-24(29)14-18-8-5-6-10-20(18)26/h5-13,22H,4,14-15H2,1-3H3,(H,27,30). The summed E-state index contributed by atoms with van der Waals surface area (Å²) in [5.74, 6) is 1.49. The molecule has 0 fully saturated rings. The van der Waals surface area contributed by atoms with E-state index in [0.29, 0.717) is 24.4 Å². The van der Waals surface area contributed by atoms with Crippen LogP contribution in [0.5, 0.6) is 0 Å². The number of nitrogens with zero attached hydrogens (tertiary/aromatic N) is 2. The van der Waals surface area contributed by atoms with Crippen LogP contribution in [-0.4, -0.2) is 15.5 Å². The first-order valence-electron chi connectivity index (χ1n) is 10.5. The van der Waals surface area contributed by atoms with Gasteiger partial charge >= 0.3 is 0 Å². The van der Waals surface area contributed by atoms with Crippen LogP contribution in [0.3, 0.4) is 0 Å². The van der Waals surface area contributed by atoms with Gasteiger partial charge in [0.2, 0.25) is 5.91 Å². The van der Waals surface area contributed by atoms with Crippen molar-refractivity contribution < 1.29 is 9.21 Å². The van der Waals surface area contributed by atoms with Crippen molar-refractivity contribution in [2.75, 3.05) is 0 Å². The van der Waals surface area contributed by atoms with Crippen LogP contribution in [0.1, 0.15) is 47.7 Å². The number of benzene rings is 2. The van der Waals surface area contributed by atoms with Crippen molar-refractivity contribution in [3.8, 4) is 0 Å². The first kappa shape index (κ1) is 21.2. The molecule has 4 aromatic rings. The maximum atomic E-state index is 13.2. The summed E-state index contributed by atoms with van der Waals surface area (Å²) >= 11 is 6.43. The molecular weight excluding hydrogens is 410 g/mol. The number of halogens is 1. The molecule has 2 aromatic carbocycles. The van der Waals surface area contributed by atoms with E-state index >= 15 is 0 Å². The third kappa shape index (κ3) is 4.37. The zero-order valence-electron chi connectivity index (χ0n) is 18.0. The molecule has 0 saturated carbocycles. The number of furan rings is 1. The normalized spacial score (nSPS) is 12.3. The number of fused-ring (bicyclic) bond motifs is 1. The van der Waals surface area contributed by atoms with E-state index in [1.54, 1.807) is 6.26 Å². The number of aromatic nitrogens is 2. The Balaban J connectivity index is 1.76. The van der Waals surface area contributed by atoms with Crippen molar-refractivity contribution in [2.24, 2.45) is 0 Å². The predicted molar refractivity (Wildman–Crippen MR) is 123 cm³/mol. The van der Waals surface area contributed by atoms with Gasteiger partial charge in [-0.1, -0.05) is 36.7 Å². The molecule has 1 atom stereocenters. The van der Waals surface area contributed by atoms with Gasteiger partial charge in [-0.2, -0.15) is 0 Å². The summed E-state index contributed by atoms with van der Waals surface area (Å²) in [7, 11) is 0. The zero-order chi connectivity index (χ0) is 22.0. The molecule has 0 bridgehead atoms. The predicted octanol–water partition coefficient (Wildman–Crippen LogP) is 5.76. The van der Waals surface area contributed by atoms with Crippen LogP contribution < -0.4 is 5.32 Å². The molecule has 1 unspecified atom stereocenters. The number of hydrogen-bond donors (Lipinski definition) is 1. The molecular formula is C25H26ClN3O2. The molecule has 4 rings (SSSR count). The van der Waals surface area contributed by atoms with Crippen molar-refractivity contribution in [3.05, 3.63) is 88.1 Å². The van der Waals surface area contributed by atoms with E-state index in [2.05, 4.69) is 35.9 Å². The monoisotopic (exact) mass is 435 g/mol. The van der Waals surface area contributed by atoms with Gasteiger partial charge in [0.25, 0.3) is 0 Å². The van der Waals surface area contributed by atoms with Crippen LogP contribution in [0.25, 0.3) is 11.0 Å². The SMILES string of the molecule is CCC(C(=O)NCc1ccco1)n1c(Cc2ccccc2Cl)nc2cc(C)c(C)cc21. The lowest BCUT2D eigenvalue weighted by Crippen LogP contribution is -2.32. The van der Waals surface area contributed by atoms with Crippen LogP contribution in [0, 0.1) is 13.8 Å². The molecule has 6 heteroatoms. The maximum absolute atomic E-state index is 13.2. The Morgan fingerprint density at radius 3 is 2.65 bits per heavy atom. The van der Waals surface area contributed by atoms with Gasteiger partial charge in [0.05, 0.1) is 23.8 Å². The lowest BCUT2D eigenvalue weighted by atomic mass is 10.1. The molecule has 0 aliphatic rings. The van der Waals surface area contributed by atoms with E-state index in [1.165, 1.54) is 11.1 Å². The Bertz CT molecular complexity index is 1210. The summed E-state index contributed by atoms with van der Waals surface area (Å²) in [6.07, 6.45) is 2.79. The highest BCUT2D eigenvalue weighted by atomic mass is 35.5. The van der Waals surface area contributed by atoms with Crippen LogP contribution >= 0.6 is 11.6 Å². The number of aryl methyl sites for hydroxylation is 2. The van der Waals surface area contributed by atoms with Crippen LogP contribution in [0.2, 0.25) is 5.02 Å². The largest absolute Gasteiger partial charge is 0.467 e. The van der Waals surface area contributed by atoms with Gasteiger partial charge in [0, 0.05) is 11.4 Å². The van der Waals surface area contributed by atoms with Gasteiger partial charge in [-0.15, -0.1) is 0 Å². The number of rotatable bonds is 7. The van der Waals surface area contributed by atoms with Gasteiger partial charge in [-0.25, -0.2) is 4.98 Å². The molecule has 2 aromatic heterocycles. The number of hydrogen-bond acceptors (Lipinski definition) is 3. The van der Waals surface area contributed by atoms with E-state index in [4.69, 9.17) is 21.0 Å². The molecule has 1 N–H and O–H groups in total. The summed E-state index contributed by atoms with van der Waals surface area (Å²) in [5, 5.41) is 3.71. The van der Waals surface area contributed by atoms with Crippen LogP contribution in [-0.2, 0) is 17.8 Å². The van der Waals surface area contributed by atoms with Crippen LogP contribution in [0.4, 0.5) is 0 Å². The van der Waals surface area contributed by atoms with Gasteiger partial charge in [0.1, 0.15) is 17.6 Å². The highest BCUT2D eigenvalue weighted by Crippen LogP contribution is 2.29. The fraction of sp³-hybridized carbons (Fsp3) is 0.280. The summed E-state index contributed by atoms with van der Waals surface area (Å²) < 4.78 is 7.43. The lowest BCUT2D eigenvalue weighted by Gasteiger charge is -2.20. The van der Waals surface area contributed by atoms with E-state index in [9.17, 15) is 4.79 Å². The number of carbonyl (C=O) groups excluding carboxylic acids is 1. The second-order valence-electron chi connectivity index (χ2n) is 7.81. The lowest BCUT2D eigenvalue weighted by molar-refractivity contribution is -0.124. The second-order valence-corrected chi connectivity index (χ2v) is 8.22. The Morgan fingerprint density at radius 2 is 1.94 bits per heavy atom. The molecule has 31 heavy (non-hydrogen) atoms. The Morgan fingerprint density at radius 1 is 1.16 bits per heavy atom. The first-order valence-corrected chi connectivity index (χ1v) is 10.9. The summed E-state index contributed by atoms with van der Waals surface area (Å²) in [6.45, 7) is 6.53. The van der Waals surface area contributed by atoms with Crippen LogP contribution in [0.15, 0.2) is 59.2 Å². The average molecular weight is 436 g/mol. The number of amides is 1. The number of imidazole rings is 1. The highest BCUT2D eigenvalue weighted by Gasteiger charge is 2.25. The fourth-order valence-corrected chi connectivity index (χ4v) is 4.08. The van der Waals surface area contributed by atoms with E-state index in [0.717, 1.165) is 28.2 Å². The Kier molecular flexibility index (Phi) is 6.14. The average Bonchev–Trinajstić information content (AvgIpc) is 3.38.